The summed E-state index contributed by atoms with van der Waals surface area (Å²) >= 11 is 0. The normalized spacial score (nSPS) is 11.8. The Morgan fingerprint density at radius 3 is 2.19 bits per heavy atom. The highest BCUT2D eigenvalue weighted by atomic mass is 14.0. The lowest BCUT2D eigenvalue weighted by atomic mass is 10.0. The van der Waals surface area contributed by atoms with Gasteiger partial charge in [-0.1, -0.05) is 69.8 Å². The van der Waals surface area contributed by atoms with Crippen LogP contribution in [0, 0.1) is 0 Å². The van der Waals surface area contributed by atoms with Gasteiger partial charge in [-0.15, -0.1) is 0 Å². The van der Waals surface area contributed by atoms with Gasteiger partial charge >= 0.3 is 0 Å². The van der Waals surface area contributed by atoms with Crippen LogP contribution in [0.1, 0.15) is 78.6 Å². The molecule has 0 aliphatic rings. The van der Waals surface area contributed by atoms with Crippen LogP contribution in [0.3, 0.4) is 0 Å². The van der Waals surface area contributed by atoms with Crippen molar-refractivity contribution in [2.24, 2.45) is 0 Å². The number of unbranched alkanes of at least 4 members (excludes halogenated alkanes) is 6. The van der Waals surface area contributed by atoms with Crippen molar-refractivity contribution in [2.75, 3.05) is 0 Å². The molecular formula is C16H30. The minimum absolute atomic E-state index is 1.18. The molecule has 0 saturated heterocycles. The topological polar surface area (TPSA) is 0 Å². The van der Waals surface area contributed by atoms with Gasteiger partial charge in [0.05, 0.1) is 0 Å². The standard InChI is InChI=1S/C16H30/c1-5-7-9-10-11-12-14-16(4)15(3)13-8-6-2/h14H,3,5-13H2,1-2,4H3. The lowest BCUT2D eigenvalue weighted by Gasteiger charge is -2.05. The molecule has 16 heavy (non-hydrogen) atoms. The second kappa shape index (κ2) is 11.0. The Labute approximate surface area is 103 Å². The third kappa shape index (κ3) is 8.76. The molecule has 0 aromatic rings. The van der Waals surface area contributed by atoms with E-state index >= 15 is 0 Å². The summed E-state index contributed by atoms with van der Waals surface area (Å²) in [5, 5.41) is 0. The maximum Gasteiger partial charge on any atom is -0.0282 e. The number of rotatable bonds is 10. The van der Waals surface area contributed by atoms with Crippen molar-refractivity contribution in [1.82, 2.24) is 0 Å². The van der Waals surface area contributed by atoms with Gasteiger partial charge in [0.1, 0.15) is 0 Å². The van der Waals surface area contributed by atoms with Crippen LogP contribution in [0.5, 0.6) is 0 Å². The van der Waals surface area contributed by atoms with E-state index in [9.17, 15) is 0 Å². The molecule has 0 fully saturated rings. The molecular weight excluding hydrogens is 192 g/mol. The van der Waals surface area contributed by atoms with E-state index in [1.807, 2.05) is 0 Å². The molecule has 0 spiro atoms. The monoisotopic (exact) mass is 222 g/mol. The fourth-order valence-corrected chi connectivity index (χ4v) is 1.80. The lowest BCUT2D eigenvalue weighted by molar-refractivity contribution is 0.636. The van der Waals surface area contributed by atoms with Crippen molar-refractivity contribution in [3.63, 3.8) is 0 Å². The Balaban J connectivity index is 3.57. The Hall–Kier alpha value is -0.520. The smallest absolute Gasteiger partial charge is 0.0282 e. The van der Waals surface area contributed by atoms with E-state index in [0.29, 0.717) is 0 Å². The molecule has 0 heterocycles. The quantitative estimate of drug-likeness (QED) is 0.312. The van der Waals surface area contributed by atoms with E-state index in [1.165, 1.54) is 68.9 Å². The summed E-state index contributed by atoms with van der Waals surface area (Å²) in [6.45, 7) is 10.9. The first-order valence-corrected chi connectivity index (χ1v) is 7.07. The molecule has 0 saturated carbocycles. The molecule has 0 heteroatoms. The zero-order valence-corrected chi connectivity index (χ0v) is 11.6. The second-order valence-electron chi connectivity index (χ2n) is 4.80. The summed E-state index contributed by atoms with van der Waals surface area (Å²) in [4.78, 5) is 0. The molecule has 0 unspecified atom stereocenters. The Bertz CT molecular complexity index is 198. The summed E-state index contributed by atoms with van der Waals surface area (Å²) in [5.74, 6) is 0. The van der Waals surface area contributed by atoms with Crippen LogP contribution in [0.15, 0.2) is 23.8 Å². The summed E-state index contributed by atoms with van der Waals surface area (Å²) in [6.07, 6.45) is 14.2. The predicted octanol–water partition coefficient (Wildman–Crippen LogP) is 6.04. The molecule has 0 N–H and O–H groups in total. The van der Waals surface area contributed by atoms with Gasteiger partial charge in [-0.3, -0.25) is 0 Å². The Kier molecular flexibility index (Phi) is 10.6. The van der Waals surface area contributed by atoms with Gasteiger partial charge in [0.15, 0.2) is 0 Å². The fraction of sp³-hybridized carbons (Fsp3) is 0.750. The number of hydrogen-bond acceptors (Lipinski definition) is 0. The van der Waals surface area contributed by atoms with Gasteiger partial charge in [-0.05, 0) is 32.6 Å². The first-order chi connectivity index (χ1) is 7.72. The molecule has 94 valence electrons. The average Bonchev–Trinajstić information content (AvgIpc) is 2.30. The van der Waals surface area contributed by atoms with Gasteiger partial charge in [0.25, 0.3) is 0 Å². The van der Waals surface area contributed by atoms with E-state index in [0.717, 1.165) is 0 Å². The zero-order valence-electron chi connectivity index (χ0n) is 11.6. The molecule has 0 aliphatic heterocycles. The van der Waals surface area contributed by atoms with E-state index < -0.39 is 0 Å². The third-order valence-electron chi connectivity index (χ3n) is 3.15. The zero-order chi connectivity index (χ0) is 12.2. The molecule has 0 bridgehead atoms. The molecule has 0 aliphatic carbocycles. The first kappa shape index (κ1) is 15.5. The van der Waals surface area contributed by atoms with Gasteiger partial charge in [0.2, 0.25) is 0 Å². The molecule has 0 nitrogen and oxygen atoms in total. The van der Waals surface area contributed by atoms with Gasteiger partial charge in [-0.2, -0.15) is 0 Å². The highest BCUT2D eigenvalue weighted by Crippen LogP contribution is 2.16. The molecule has 0 radical (unpaired) electrons. The van der Waals surface area contributed by atoms with Crippen molar-refractivity contribution in [2.45, 2.75) is 78.6 Å². The van der Waals surface area contributed by atoms with Crippen molar-refractivity contribution in [1.29, 1.82) is 0 Å². The maximum atomic E-state index is 4.15. The van der Waals surface area contributed by atoms with Crippen LogP contribution in [-0.4, -0.2) is 0 Å². The number of allylic oxidation sites excluding steroid dienone is 3. The largest absolute Gasteiger partial charge is 0.0956 e. The van der Waals surface area contributed by atoms with Gasteiger partial charge in [-0.25, -0.2) is 0 Å². The van der Waals surface area contributed by atoms with Crippen LogP contribution >= 0.6 is 0 Å². The Morgan fingerprint density at radius 2 is 1.56 bits per heavy atom. The molecule has 0 amide bonds. The minimum Gasteiger partial charge on any atom is -0.0956 e. The van der Waals surface area contributed by atoms with E-state index in [4.69, 9.17) is 0 Å². The number of hydrogen-bond donors (Lipinski definition) is 0. The van der Waals surface area contributed by atoms with Crippen LogP contribution in [-0.2, 0) is 0 Å². The average molecular weight is 222 g/mol. The lowest BCUT2D eigenvalue weighted by Crippen LogP contribution is -1.85. The summed E-state index contributed by atoms with van der Waals surface area (Å²) in [6, 6.07) is 0. The van der Waals surface area contributed by atoms with Crippen LogP contribution in [0.2, 0.25) is 0 Å². The van der Waals surface area contributed by atoms with Crippen molar-refractivity contribution >= 4 is 0 Å². The van der Waals surface area contributed by atoms with E-state index in [2.05, 4.69) is 33.4 Å². The van der Waals surface area contributed by atoms with Crippen molar-refractivity contribution in [3.8, 4) is 0 Å². The Morgan fingerprint density at radius 1 is 0.938 bits per heavy atom. The molecule has 0 rings (SSSR count). The van der Waals surface area contributed by atoms with Gasteiger partial charge < -0.3 is 0 Å². The molecule has 0 aromatic carbocycles. The van der Waals surface area contributed by atoms with Crippen molar-refractivity contribution in [3.05, 3.63) is 23.8 Å². The van der Waals surface area contributed by atoms with Crippen LogP contribution in [0.25, 0.3) is 0 Å². The summed E-state index contributed by atoms with van der Waals surface area (Å²) in [7, 11) is 0. The van der Waals surface area contributed by atoms with Gasteiger partial charge in [0, 0.05) is 0 Å². The van der Waals surface area contributed by atoms with Crippen LogP contribution < -0.4 is 0 Å². The third-order valence-corrected chi connectivity index (χ3v) is 3.15. The minimum atomic E-state index is 1.18. The maximum absolute atomic E-state index is 4.15. The fourth-order valence-electron chi connectivity index (χ4n) is 1.80. The van der Waals surface area contributed by atoms with Crippen LogP contribution in [0.4, 0.5) is 0 Å². The van der Waals surface area contributed by atoms with E-state index in [-0.39, 0.29) is 0 Å². The highest BCUT2D eigenvalue weighted by molar-refractivity contribution is 5.25. The SMILES string of the molecule is C=C(CCCC)C(C)=CCCCCCCC. The predicted molar refractivity (Wildman–Crippen MR) is 75.8 cm³/mol. The highest BCUT2D eigenvalue weighted by Gasteiger charge is 1.96. The first-order valence-electron chi connectivity index (χ1n) is 7.07. The summed E-state index contributed by atoms with van der Waals surface area (Å²) < 4.78 is 0. The molecule has 0 atom stereocenters. The van der Waals surface area contributed by atoms with E-state index in [1.54, 1.807) is 0 Å². The second-order valence-corrected chi connectivity index (χ2v) is 4.80. The van der Waals surface area contributed by atoms with Crippen molar-refractivity contribution < 1.29 is 0 Å². The summed E-state index contributed by atoms with van der Waals surface area (Å²) in [5.41, 5.74) is 2.76. The molecule has 0 aromatic heterocycles.